The molecular weight excluding hydrogens is 257 g/mol. The number of aryl methyl sites for hydroxylation is 1. The first-order valence-corrected chi connectivity index (χ1v) is 6.11. The van der Waals surface area contributed by atoms with E-state index in [0.29, 0.717) is 10.4 Å². The van der Waals surface area contributed by atoms with Crippen molar-refractivity contribution in [2.75, 3.05) is 13.1 Å². The fourth-order valence-electron chi connectivity index (χ4n) is 2.14. The van der Waals surface area contributed by atoms with Crippen LogP contribution in [0.2, 0.25) is 0 Å². The van der Waals surface area contributed by atoms with Crippen LogP contribution in [-0.4, -0.2) is 13.1 Å². The van der Waals surface area contributed by atoms with E-state index in [1.165, 1.54) is 6.42 Å². The van der Waals surface area contributed by atoms with Crippen molar-refractivity contribution in [1.29, 1.82) is 0 Å². The van der Waals surface area contributed by atoms with Gasteiger partial charge >= 0.3 is 0 Å². The summed E-state index contributed by atoms with van der Waals surface area (Å²) in [5.41, 5.74) is 2.10. The van der Waals surface area contributed by atoms with Gasteiger partial charge in [0.2, 0.25) is 0 Å². The average Bonchev–Trinajstić information content (AvgIpc) is 2.66. The van der Waals surface area contributed by atoms with Gasteiger partial charge in [0.1, 0.15) is 5.82 Å². The molecule has 1 aromatic carbocycles. The highest BCUT2D eigenvalue weighted by atomic mass is 79.9. The van der Waals surface area contributed by atoms with Crippen LogP contribution in [0.1, 0.15) is 17.5 Å². The molecule has 0 spiro atoms. The van der Waals surface area contributed by atoms with E-state index in [9.17, 15) is 4.39 Å². The van der Waals surface area contributed by atoms with Crippen LogP contribution in [0.4, 0.5) is 4.39 Å². The number of halogens is 2. The molecule has 0 bridgehead atoms. The van der Waals surface area contributed by atoms with Crippen LogP contribution >= 0.6 is 15.9 Å². The van der Waals surface area contributed by atoms with E-state index in [0.717, 1.165) is 30.6 Å². The fourth-order valence-corrected chi connectivity index (χ4v) is 2.54. The highest BCUT2D eigenvalue weighted by Gasteiger charge is 2.17. The molecule has 1 nitrogen and oxygen atoms in total. The lowest BCUT2D eigenvalue weighted by atomic mass is 9.97. The van der Waals surface area contributed by atoms with Crippen LogP contribution in [0.3, 0.4) is 0 Å². The Hall–Kier alpha value is -0.410. The standard InChI is InChI=1S/C12H15BrFN/c1-8-4-10(12(13)11(14)5-8)6-9-2-3-15-7-9/h4-5,9,15H,2-3,6-7H2,1H3. The van der Waals surface area contributed by atoms with E-state index in [4.69, 9.17) is 0 Å². The Morgan fingerprint density at radius 3 is 3.00 bits per heavy atom. The van der Waals surface area contributed by atoms with Gasteiger partial charge < -0.3 is 5.32 Å². The van der Waals surface area contributed by atoms with Crippen molar-refractivity contribution in [2.24, 2.45) is 5.92 Å². The Kier molecular flexibility index (Phi) is 3.42. The molecule has 1 aliphatic heterocycles. The summed E-state index contributed by atoms with van der Waals surface area (Å²) in [5, 5.41) is 3.33. The van der Waals surface area contributed by atoms with Crippen molar-refractivity contribution in [3.63, 3.8) is 0 Å². The quantitative estimate of drug-likeness (QED) is 0.872. The van der Waals surface area contributed by atoms with Crippen molar-refractivity contribution in [3.8, 4) is 0 Å². The number of benzene rings is 1. The van der Waals surface area contributed by atoms with Crippen LogP contribution in [0, 0.1) is 18.7 Å². The molecule has 0 amide bonds. The Bertz CT molecular complexity index is 359. The first kappa shape index (κ1) is 11.1. The maximum Gasteiger partial charge on any atom is 0.137 e. The van der Waals surface area contributed by atoms with Crippen LogP contribution in [-0.2, 0) is 6.42 Å². The predicted octanol–water partition coefficient (Wildman–Crippen LogP) is 3.05. The van der Waals surface area contributed by atoms with E-state index < -0.39 is 0 Å². The highest BCUT2D eigenvalue weighted by molar-refractivity contribution is 9.10. The van der Waals surface area contributed by atoms with Crippen LogP contribution in [0.25, 0.3) is 0 Å². The molecule has 1 fully saturated rings. The lowest BCUT2D eigenvalue weighted by Gasteiger charge is -2.11. The summed E-state index contributed by atoms with van der Waals surface area (Å²) in [4.78, 5) is 0. The summed E-state index contributed by atoms with van der Waals surface area (Å²) in [7, 11) is 0. The molecule has 0 aliphatic carbocycles. The van der Waals surface area contributed by atoms with E-state index in [-0.39, 0.29) is 5.82 Å². The summed E-state index contributed by atoms with van der Waals surface area (Å²) >= 11 is 3.33. The third-order valence-corrected chi connectivity index (χ3v) is 3.81. The molecule has 1 aliphatic rings. The molecule has 82 valence electrons. The van der Waals surface area contributed by atoms with Crippen molar-refractivity contribution < 1.29 is 4.39 Å². The summed E-state index contributed by atoms with van der Waals surface area (Å²) in [6.07, 6.45) is 2.16. The topological polar surface area (TPSA) is 12.0 Å². The van der Waals surface area contributed by atoms with E-state index in [2.05, 4.69) is 27.3 Å². The molecule has 1 heterocycles. The zero-order valence-corrected chi connectivity index (χ0v) is 10.4. The Labute approximate surface area is 98.2 Å². The van der Waals surface area contributed by atoms with E-state index >= 15 is 0 Å². The second kappa shape index (κ2) is 4.62. The lowest BCUT2D eigenvalue weighted by Crippen LogP contribution is -2.11. The van der Waals surface area contributed by atoms with Crippen molar-refractivity contribution in [2.45, 2.75) is 19.8 Å². The molecular formula is C12H15BrFN. The van der Waals surface area contributed by atoms with Gasteiger partial charge in [-0.25, -0.2) is 4.39 Å². The Morgan fingerprint density at radius 1 is 1.53 bits per heavy atom. The molecule has 1 unspecified atom stereocenters. The van der Waals surface area contributed by atoms with Gasteiger partial charge in [0.05, 0.1) is 4.47 Å². The Balaban J connectivity index is 2.19. The maximum absolute atomic E-state index is 13.5. The van der Waals surface area contributed by atoms with Crippen molar-refractivity contribution in [3.05, 3.63) is 33.5 Å². The van der Waals surface area contributed by atoms with Gasteiger partial charge in [0.25, 0.3) is 0 Å². The van der Waals surface area contributed by atoms with Crippen LogP contribution in [0.15, 0.2) is 16.6 Å². The minimum absolute atomic E-state index is 0.143. The zero-order chi connectivity index (χ0) is 10.8. The highest BCUT2D eigenvalue weighted by Crippen LogP contribution is 2.26. The van der Waals surface area contributed by atoms with Gasteiger partial charge in [-0.05, 0) is 71.9 Å². The zero-order valence-electron chi connectivity index (χ0n) is 8.82. The largest absolute Gasteiger partial charge is 0.316 e. The van der Waals surface area contributed by atoms with E-state index in [1.807, 2.05) is 6.92 Å². The van der Waals surface area contributed by atoms with Crippen molar-refractivity contribution >= 4 is 15.9 Å². The van der Waals surface area contributed by atoms with Crippen LogP contribution in [0.5, 0.6) is 0 Å². The molecule has 1 N–H and O–H groups in total. The second-order valence-electron chi connectivity index (χ2n) is 4.28. The van der Waals surface area contributed by atoms with Crippen LogP contribution < -0.4 is 5.32 Å². The molecule has 0 saturated carbocycles. The molecule has 1 atom stereocenters. The third kappa shape index (κ3) is 2.58. The predicted molar refractivity (Wildman–Crippen MR) is 63.5 cm³/mol. The van der Waals surface area contributed by atoms with Gasteiger partial charge in [-0.2, -0.15) is 0 Å². The SMILES string of the molecule is Cc1cc(F)c(Br)c(CC2CCNC2)c1. The average molecular weight is 272 g/mol. The molecule has 3 heteroatoms. The summed E-state index contributed by atoms with van der Waals surface area (Å²) in [6.45, 7) is 4.09. The van der Waals surface area contributed by atoms with Gasteiger partial charge in [-0.3, -0.25) is 0 Å². The lowest BCUT2D eigenvalue weighted by molar-refractivity contribution is 0.569. The smallest absolute Gasteiger partial charge is 0.137 e. The molecule has 2 rings (SSSR count). The number of rotatable bonds is 2. The molecule has 0 radical (unpaired) electrons. The third-order valence-electron chi connectivity index (χ3n) is 2.92. The summed E-state index contributed by atoms with van der Waals surface area (Å²) in [6, 6.07) is 3.64. The first-order valence-electron chi connectivity index (χ1n) is 5.32. The summed E-state index contributed by atoms with van der Waals surface area (Å²) in [5.74, 6) is 0.512. The fraction of sp³-hybridized carbons (Fsp3) is 0.500. The maximum atomic E-state index is 13.5. The Morgan fingerprint density at radius 2 is 2.33 bits per heavy atom. The number of nitrogens with one attached hydrogen (secondary N) is 1. The monoisotopic (exact) mass is 271 g/mol. The van der Waals surface area contributed by atoms with Gasteiger partial charge in [0.15, 0.2) is 0 Å². The molecule has 0 aromatic heterocycles. The minimum atomic E-state index is -0.143. The molecule has 1 aromatic rings. The first-order chi connectivity index (χ1) is 7.16. The second-order valence-corrected chi connectivity index (χ2v) is 5.08. The van der Waals surface area contributed by atoms with Gasteiger partial charge in [-0.15, -0.1) is 0 Å². The van der Waals surface area contributed by atoms with E-state index in [1.54, 1.807) is 6.07 Å². The van der Waals surface area contributed by atoms with Crippen molar-refractivity contribution in [1.82, 2.24) is 5.32 Å². The minimum Gasteiger partial charge on any atom is -0.316 e. The summed E-state index contributed by atoms with van der Waals surface area (Å²) < 4.78 is 14.1. The van der Waals surface area contributed by atoms with Gasteiger partial charge in [-0.1, -0.05) is 6.07 Å². The molecule has 15 heavy (non-hydrogen) atoms. The number of hydrogen-bond donors (Lipinski definition) is 1. The normalized spacial score (nSPS) is 20.9. The number of hydrogen-bond acceptors (Lipinski definition) is 1. The van der Waals surface area contributed by atoms with Gasteiger partial charge in [0, 0.05) is 0 Å². The molecule has 1 saturated heterocycles.